The summed E-state index contributed by atoms with van der Waals surface area (Å²) < 4.78 is 35.4. The molecular formula is C21H25NO6S2. The molecule has 1 amide bonds. The van der Waals surface area contributed by atoms with Crippen molar-refractivity contribution in [2.45, 2.75) is 38.0 Å². The van der Waals surface area contributed by atoms with E-state index in [9.17, 15) is 18.0 Å². The summed E-state index contributed by atoms with van der Waals surface area (Å²) in [6.45, 7) is 4.09. The van der Waals surface area contributed by atoms with Crippen molar-refractivity contribution < 1.29 is 27.5 Å². The van der Waals surface area contributed by atoms with Crippen LogP contribution in [0.4, 0.5) is 5.00 Å². The number of sulfone groups is 1. The van der Waals surface area contributed by atoms with Crippen molar-refractivity contribution in [3.05, 3.63) is 40.3 Å². The van der Waals surface area contributed by atoms with Crippen molar-refractivity contribution in [2.75, 3.05) is 24.8 Å². The molecule has 1 aliphatic carbocycles. The largest absolute Gasteiger partial charge is 0.497 e. The van der Waals surface area contributed by atoms with Gasteiger partial charge in [0, 0.05) is 4.88 Å². The molecule has 162 valence electrons. The summed E-state index contributed by atoms with van der Waals surface area (Å²) in [4.78, 5) is 26.2. The second-order valence-corrected chi connectivity index (χ2v) is 10.4. The smallest absolute Gasteiger partial charge is 0.341 e. The third-order valence-corrected chi connectivity index (χ3v) is 7.79. The van der Waals surface area contributed by atoms with Crippen molar-refractivity contribution in [2.24, 2.45) is 5.92 Å². The highest BCUT2D eigenvalue weighted by Crippen LogP contribution is 2.40. The maximum atomic E-state index is 12.6. The molecule has 2 aromatic rings. The fourth-order valence-electron chi connectivity index (χ4n) is 3.46. The number of nitrogens with one attached hydrogen (secondary N) is 1. The lowest BCUT2D eigenvalue weighted by molar-refractivity contribution is -0.113. The fourth-order valence-corrected chi connectivity index (χ4v) is 6.01. The first-order valence-electron chi connectivity index (χ1n) is 9.73. The Labute approximate surface area is 180 Å². The Bertz CT molecular complexity index is 1040. The zero-order chi connectivity index (χ0) is 21.9. The molecule has 0 saturated heterocycles. The van der Waals surface area contributed by atoms with Crippen LogP contribution in [0, 0.1) is 5.92 Å². The number of ether oxygens (including phenoxy) is 2. The third-order valence-electron chi connectivity index (χ3n) is 4.98. The van der Waals surface area contributed by atoms with E-state index in [0.29, 0.717) is 22.2 Å². The maximum Gasteiger partial charge on any atom is 0.341 e. The molecule has 3 rings (SSSR count). The monoisotopic (exact) mass is 451 g/mol. The molecule has 0 aliphatic heterocycles. The number of hydrogen-bond acceptors (Lipinski definition) is 7. The van der Waals surface area contributed by atoms with E-state index >= 15 is 0 Å². The lowest BCUT2D eigenvalue weighted by Crippen LogP contribution is -2.23. The zero-order valence-electron chi connectivity index (χ0n) is 17.2. The molecule has 1 aromatic heterocycles. The minimum atomic E-state index is -3.84. The van der Waals surface area contributed by atoms with Crippen LogP contribution in [-0.4, -0.2) is 39.8 Å². The van der Waals surface area contributed by atoms with Gasteiger partial charge in [0.1, 0.15) is 16.5 Å². The SMILES string of the molecule is CCOC(=O)c1c(NC(=O)CS(=O)(=O)c2ccc(OC)cc2)sc2c1CCC(C)C2. The highest BCUT2D eigenvalue weighted by Gasteiger charge is 2.30. The minimum absolute atomic E-state index is 0.0309. The molecule has 1 unspecified atom stereocenters. The highest BCUT2D eigenvalue weighted by atomic mass is 32.2. The number of thiophene rings is 1. The van der Waals surface area contributed by atoms with Crippen molar-refractivity contribution in [3.8, 4) is 5.75 Å². The lowest BCUT2D eigenvalue weighted by Gasteiger charge is -2.18. The molecule has 7 nitrogen and oxygen atoms in total. The van der Waals surface area contributed by atoms with Gasteiger partial charge in [-0.15, -0.1) is 11.3 Å². The van der Waals surface area contributed by atoms with Gasteiger partial charge in [-0.05, 0) is 61.9 Å². The fraction of sp³-hybridized carbons (Fsp3) is 0.429. The van der Waals surface area contributed by atoms with Crippen LogP contribution in [0.1, 0.15) is 41.1 Å². The summed E-state index contributed by atoms with van der Waals surface area (Å²) in [5, 5.41) is 3.01. The van der Waals surface area contributed by atoms with Crippen LogP contribution in [0.5, 0.6) is 5.75 Å². The molecule has 1 atom stereocenters. The number of carbonyl (C=O) groups excluding carboxylic acids is 2. The Morgan fingerprint density at radius 3 is 2.57 bits per heavy atom. The first kappa shape index (κ1) is 22.3. The van der Waals surface area contributed by atoms with Gasteiger partial charge in [-0.2, -0.15) is 0 Å². The summed E-state index contributed by atoms with van der Waals surface area (Å²) in [6.07, 6.45) is 2.52. The number of anilines is 1. The van der Waals surface area contributed by atoms with Crippen LogP contribution in [0.3, 0.4) is 0 Å². The van der Waals surface area contributed by atoms with Crippen molar-refractivity contribution in [1.82, 2.24) is 0 Å². The molecule has 1 N–H and O–H groups in total. The van der Waals surface area contributed by atoms with Gasteiger partial charge >= 0.3 is 5.97 Å². The molecule has 0 saturated carbocycles. The van der Waals surface area contributed by atoms with E-state index in [1.807, 2.05) is 0 Å². The molecule has 1 heterocycles. The van der Waals surface area contributed by atoms with E-state index in [-0.39, 0.29) is 11.5 Å². The van der Waals surface area contributed by atoms with Crippen LogP contribution in [-0.2, 0) is 32.2 Å². The van der Waals surface area contributed by atoms with Gasteiger partial charge in [-0.1, -0.05) is 6.92 Å². The van der Waals surface area contributed by atoms with Gasteiger partial charge in [0.25, 0.3) is 0 Å². The van der Waals surface area contributed by atoms with Gasteiger partial charge in [-0.3, -0.25) is 4.79 Å². The number of esters is 1. The first-order chi connectivity index (χ1) is 14.2. The van der Waals surface area contributed by atoms with Gasteiger partial charge in [-0.25, -0.2) is 13.2 Å². The number of benzene rings is 1. The Hall–Kier alpha value is -2.39. The Kier molecular flexibility index (Phi) is 6.82. The summed E-state index contributed by atoms with van der Waals surface area (Å²) in [6, 6.07) is 5.85. The molecule has 9 heteroatoms. The lowest BCUT2D eigenvalue weighted by atomic mass is 9.88. The van der Waals surface area contributed by atoms with Crippen LogP contribution >= 0.6 is 11.3 Å². The number of hydrogen-bond donors (Lipinski definition) is 1. The normalized spacial score (nSPS) is 15.9. The van der Waals surface area contributed by atoms with Crippen molar-refractivity contribution in [1.29, 1.82) is 0 Å². The number of amides is 1. The molecule has 1 aromatic carbocycles. The number of methoxy groups -OCH3 is 1. The van der Waals surface area contributed by atoms with E-state index in [1.54, 1.807) is 6.92 Å². The summed E-state index contributed by atoms with van der Waals surface area (Å²) in [5.74, 6) is -0.887. The van der Waals surface area contributed by atoms with Crippen LogP contribution < -0.4 is 10.1 Å². The van der Waals surface area contributed by atoms with E-state index in [1.165, 1.54) is 42.7 Å². The highest BCUT2D eigenvalue weighted by molar-refractivity contribution is 7.92. The molecule has 0 bridgehead atoms. The zero-order valence-corrected chi connectivity index (χ0v) is 18.8. The van der Waals surface area contributed by atoms with Crippen LogP contribution in [0.25, 0.3) is 0 Å². The van der Waals surface area contributed by atoms with Crippen molar-refractivity contribution in [3.63, 3.8) is 0 Å². The van der Waals surface area contributed by atoms with Crippen LogP contribution in [0.2, 0.25) is 0 Å². The van der Waals surface area contributed by atoms with Gasteiger partial charge in [0.15, 0.2) is 9.84 Å². The quantitative estimate of drug-likeness (QED) is 0.647. The number of fused-ring (bicyclic) bond motifs is 1. The van der Waals surface area contributed by atoms with E-state index < -0.39 is 27.5 Å². The molecule has 1 aliphatic rings. The maximum absolute atomic E-state index is 12.6. The second kappa shape index (κ2) is 9.18. The topological polar surface area (TPSA) is 98.8 Å². The third kappa shape index (κ3) is 4.84. The molecular weight excluding hydrogens is 426 g/mol. The van der Waals surface area contributed by atoms with Gasteiger partial charge in [0.2, 0.25) is 5.91 Å². The van der Waals surface area contributed by atoms with E-state index in [2.05, 4.69) is 12.2 Å². The predicted octanol–water partition coefficient (Wildman–Crippen LogP) is 3.47. The minimum Gasteiger partial charge on any atom is -0.497 e. The number of carbonyl (C=O) groups is 2. The Balaban J connectivity index is 1.82. The summed E-state index contributed by atoms with van der Waals surface area (Å²) in [7, 11) is -2.35. The average molecular weight is 452 g/mol. The molecule has 0 spiro atoms. The number of rotatable bonds is 7. The molecule has 30 heavy (non-hydrogen) atoms. The van der Waals surface area contributed by atoms with Crippen LogP contribution in [0.15, 0.2) is 29.2 Å². The second-order valence-electron chi connectivity index (χ2n) is 7.26. The standard InChI is InChI=1S/C21H25NO6S2/c1-4-28-21(24)19-16-10-5-13(2)11-17(16)29-20(19)22-18(23)12-30(25,26)15-8-6-14(27-3)7-9-15/h6-9,13H,4-5,10-12H2,1-3H3,(H,22,23). The predicted molar refractivity (Wildman–Crippen MR) is 115 cm³/mol. The summed E-state index contributed by atoms with van der Waals surface area (Å²) >= 11 is 1.33. The van der Waals surface area contributed by atoms with Crippen molar-refractivity contribution >= 4 is 38.1 Å². The molecule has 0 fully saturated rings. The van der Waals surface area contributed by atoms with E-state index in [0.717, 1.165) is 29.7 Å². The first-order valence-corrected chi connectivity index (χ1v) is 12.2. The Morgan fingerprint density at radius 2 is 1.93 bits per heavy atom. The van der Waals surface area contributed by atoms with Gasteiger partial charge < -0.3 is 14.8 Å². The molecule has 0 radical (unpaired) electrons. The van der Waals surface area contributed by atoms with E-state index in [4.69, 9.17) is 9.47 Å². The summed E-state index contributed by atoms with van der Waals surface area (Å²) in [5.41, 5.74) is 1.27. The average Bonchev–Trinajstić information content (AvgIpc) is 3.04. The van der Waals surface area contributed by atoms with Gasteiger partial charge in [0.05, 0.1) is 24.2 Å². The Morgan fingerprint density at radius 1 is 1.23 bits per heavy atom.